The fraction of sp³-hybridized carbons (Fsp3) is 0.385. The number of amides is 1. The smallest absolute Gasteiger partial charge is 0.244 e. The van der Waals surface area contributed by atoms with Crippen LogP contribution in [0.1, 0.15) is 19.3 Å². The average Bonchev–Trinajstić information content (AvgIpc) is 2.31. The van der Waals surface area contributed by atoms with E-state index in [2.05, 4.69) is 5.32 Å². The van der Waals surface area contributed by atoms with E-state index in [1.165, 1.54) is 25.3 Å². The number of nitriles is 1. The fourth-order valence-electron chi connectivity index (χ4n) is 1.89. The summed E-state index contributed by atoms with van der Waals surface area (Å²) in [5, 5.41) is 11.5. The molecule has 0 heterocycles. The molecule has 0 aliphatic heterocycles. The zero-order chi connectivity index (χ0) is 13.2. The van der Waals surface area contributed by atoms with Gasteiger partial charge in [0.1, 0.15) is 17.0 Å². The summed E-state index contributed by atoms with van der Waals surface area (Å²) in [7, 11) is 1.46. The van der Waals surface area contributed by atoms with Crippen molar-refractivity contribution in [1.82, 2.24) is 0 Å². The van der Waals surface area contributed by atoms with Crippen molar-refractivity contribution in [2.24, 2.45) is 5.41 Å². The Balaban J connectivity index is 2.19. The van der Waals surface area contributed by atoms with Gasteiger partial charge in [-0.3, -0.25) is 4.79 Å². The van der Waals surface area contributed by atoms with E-state index in [1.54, 1.807) is 0 Å². The maximum Gasteiger partial charge on any atom is 0.244 e. The number of halogens is 1. The van der Waals surface area contributed by atoms with Gasteiger partial charge in [-0.15, -0.1) is 0 Å². The fourth-order valence-corrected chi connectivity index (χ4v) is 1.89. The Morgan fingerprint density at radius 3 is 2.78 bits per heavy atom. The van der Waals surface area contributed by atoms with Gasteiger partial charge in [0.2, 0.25) is 5.91 Å². The number of carbonyl (C=O) groups is 1. The maximum absolute atomic E-state index is 13.5. The lowest BCUT2D eigenvalue weighted by molar-refractivity contribution is -0.126. The molecular weight excluding hydrogens is 235 g/mol. The lowest BCUT2D eigenvalue weighted by atomic mass is 9.69. The maximum atomic E-state index is 13.5. The van der Waals surface area contributed by atoms with Gasteiger partial charge in [-0.25, -0.2) is 4.39 Å². The van der Waals surface area contributed by atoms with Crippen LogP contribution in [-0.4, -0.2) is 13.0 Å². The molecular formula is C13H13FN2O2. The van der Waals surface area contributed by atoms with Gasteiger partial charge in [0.25, 0.3) is 0 Å². The van der Waals surface area contributed by atoms with Crippen LogP contribution in [0.2, 0.25) is 0 Å². The first kappa shape index (κ1) is 12.4. The number of nitrogens with zero attached hydrogens (tertiary/aromatic N) is 1. The van der Waals surface area contributed by atoms with Crippen molar-refractivity contribution < 1.29 is 13.9 Å². The molecule has 0 aromatic heterocycles. The third-order valence-corrected chi connectivity index (χ3v) is 3.28. The van der Waals surface area contributed by atoms with Crippen molar-refractivity contribution in [3.05, 3.63) is 24.0 Å². The number of ether oxygens (including phenoxy) is 1. The van der Waals surface area contributed by atoms with Gasteiger partial charge in [-0.2, -0.15) is 5.26 Å². The van der Waals surface area contributed by atoms with Crippen molar-refractivity contribution in [2.45, 2.75) is 19.3 Å². The van der Waals surface area contributed by atoms with Crippen LogP contribution in [0.5, 0.6) is 5.75 Å². The molecule has 4 nitrogen and oxygen atoms in total. The minimum absolute atomic E-state index is 0.0425. The molecule has 2 rings (SSSR count). The largest absolute Gasteiger partial charge is 0.497 e. The summed E-state index contributed by atoms with van der Waals surface area (Å²) in [6.07, 6.45) is 1.91. The van der Waals surface area contributed by atoms with Crippen LogP contribution in [0.15, 0.2) is 18.2 Å². The highest BCUT2D eigenvalue weighted by Gasteiger charge is 2.44. The number of carbonyl (C=O) groups excluding carboxylic acids is 1. The molecule has 18 heavy (non-hydrogen) atoms. The van der Waals surface area contributed by atoms with E-state index in [-0.39, 0.29) is 5.69 Å². The summed E-state index contributed by atoms with van der Waals surface area (Å²) in [6, 6.07) is 6.10. The van der Waals surface area contributed by atoms with E-state index in [0.29, 0.717) is 18.6 Å². The minimum Gasteiger partial charge on any atom is -0.497 e. The molecule has 0 radical (unpaired) electrons. The summed E-state index contributed by atoms with van der Waals surface area (Å²) in [4.78, 5) is 12.0. The number of rotatable bonds is 3. The highest BCUT2D eigenvalue weighted by molar-refractivity contribution is 5.98. The molecule has 1 aromatic rings. The van der Waals surface area contributed by atoms with Crippen molar-refractivity contribution in [3.8, 4) is 11.8 Å². The molecule has 0 saturated heterocycles. The minimum atomic E-state index is -0.991. The Morgan fingerprint density at radius 1 is 1.56 bits per heavy atom. The van der Waals surface area contributed by atoms with Gasteiger partial charge >= 0.3 is 0 Å². The number of benzene rings is 1. The predicted molar refractivity (Wildman–Crippen MR) is 63.5 cm³/mol. The average molecular weight is 248 g/mol. The third-order valence-electron chi connectivity index (χ3n) is 3.28. The second kappa shape index (κ2) is 4.65. The van der Waals surface area contributed by atoms with Crippen LogP contribution in [0, 0.1) is 22.6 Å². The molecule has 0 unspecified atom stereocenters. The SMILES string of the molecule is COc1ccc(F)c(NC(=O)C2(C#N)CCC2)c1. The van der Waals surface area contributed by atoms with Crippen molar-refractivity contribution >= 4 is 11.6 Å². The first-order valence-corrected chi connectivity index (χ1v) is 5.67. The van der Waals surface area contributed by atoms with E-state index in [9.17, 15) is 9.18 Å². The van der Waals surface area contributed by atoms with Gasteiger partial charge < -0.3 is 10.1 Å². The monoisotopic (exact) mass is 248 g/mol. The second-order valence-corrected chi connectivity index (χ2v) is 4.35. The standard InChI is InChI=1S/C13H13FN2O2/c1-18-9-3-4-10(14)11(7-9)16-12(17)13(8-15)5-2-6-13/h3-4,7H,2,5-6H2,1H3,(H,16,17). The quantitative estimate of drug-likeness (QED) is 0.893. The van der Waals surface area contributed by atoms with E-state index in [1.807, 2.05) is 6.07 Å². The van der Waals surface area contributed by atoms with E-state index < -0.39 is 17.1 Å². The number of hydrogen-bond acceptors (Lipinski definition) is 3. The first-order chi connectivity index (χ1) is 8.61. The molecule has 1 amide bonds. The third kappa shape index (κ3) is 2.02. The summed E-state index contributed by atoms with van der Waals surface area (Å²) < 4.78 is 18.5. The molecule has 0 spiro atoms. The normalized spacial score (nSPS) is 16.3. The Morgan fingerprint density at radius 2 is 2.28 bits per heavy atom. The van der Waals surface area contributed by atoms with Crippen LogP contribution < -0.4 is 10.1 Å². The summed E-state index contributed by atoms with van der Waals surface area (Å²) in [5.41, 5.74) is -0.948. The van der Waals surface area contributed by atoms with Crippen LogP contribution in [0.25, 0.3) is 0 Å². The van der Waals surface area contributed by atoms with Crippen LogP contribution in [0.4, 0.5) is 10.1 Å². The Kier molecular flexibility index (Phi) is 3.19. The summed E-state index contributed by atoms with van der Waals surface area (Å²) in [6.45, 7) is 0. The van der Waals surface area contributed by atoms with Crippen molar-refractivity contribution in [3.63, 3.8) is 0 Å². The molecule has 94 valence electrons. The molecule has 1 aliphatic rings. The van der Waals surface area contributed by atoms with Crippen LogP contribution in [0.3, 0.4) is 0 Å². The molecule has 0 atom stereocenters. The van der Waals surface area contributed by atoms with Crippen LogP contribution in [-0.2, 0) is 4.79 Å². The topological polar surface area (TPSA) is 62.1 Å². The Bertz CT molecular complexity index is 518. The zero-order valence-corrected chi connectivity index (χ0v) is 10.00. The van der Waals surface area contributed by atoms with E-state index in [4.69, 9.17) is 10.00 Å². The first-order valence-electron chi connectivity index (χ1n) is 5.67. The van der Waals surface area contributed by atoms with E-state index >= 15 is 0 Å². The van der Waals surface area contributed by atoms with Gasteiger partial charge in [0, 0.05) is 6.07 Å². The number of methoxy groups -OCH3 is 1. The number of hydrogen-bond donors (Lipinski definition) is 1. The molecule has 0 bridgehead atoms. The Hall–Kier alpha value is -2.09. The molecule has 1 fully saturated rings. The van der Waals surface area contributed by atoms with Gasteiger partial charge in [0.05, 0.1) is 18.9 Å². The van der Waals surface area contributed by atoms with Crippen LogP contribution >= 0.6 is 0 Å². The zero-order valence-electron chi connectivity index (χ0n) is 10.00. The lowest BCUT2D eigenvalue weighted by Gasteiger charge is -2.33. The lowest BCUT2D eigenvalue weighted by Crippen LogP contribution is -2.40. The van der Waals surface area contributed by atoms with Gasteiger partial charge in [0.15, 0.2) is 0 Å². The molecule has 1 aliphatic carbocycles. The predicted octanol–water partition coefficient (Wildman–Crippen LogP) is 2.47. The molecule has 1 N–H and O–H groups in total. The summed E-state index contributed by atoms with van der Waals surface area (Å²) in [5.74, 6) is -0.536. The second-order valence-electron chi connectivity index (χ2n) is 4.35. The highest BCUT2D eigenvalue weighted by atomic mass is 19.1. The molecule has 5 heteroatoms. The number of anilines is 1. The molecule has 1 saturated carbocycles. The van der Waals surface area contributed by atoms with Crippen molar-refractivity contribution in [2.75, 3.05) is 12.4 Å². The van der Waals surface area contributed by atoms with Gasteiger partial charge in [-0.05, 0) is 31.4 Å². The molecule has 1 aromatic carbocycles. The van der Waals surface area contributed by atoms with Crippen molar-refractivity contribution in [1.29, 1.82) is 5.26 Å². The number of nitrogens with one attached hydrogen (secondary N) is 1. The highest BCUT2D eigenvalue weighted by Crippen LogP contribution is 2.41. The van der Waals surface area contributed by atoms with Gasteiger partial charge in [-0.1, -0.05) is 0 Å². The summed E-state index contributed by atoms with van der Waals surface area (Å²) >= 11 is 0. The van der Waals surface area contributed by atoms with E-state index in [0.717, 1.165) is 6.42 Å². The Labute approximate surface area is 104 Å².